The topological polar surface area (TPSA) is 157 Å². The number of benzene rings is 3. The highest BCUT2D eigenvalue weighted by Gasteiger charge is 2.35. The highest BCUT2D eigenvalue weighted by molar-refractivity contribution is 6.00. The van der Waals surface area contributed by atoms with Crippen LogP contribution in [0.2, 0.25) is 0 Å². The molecule has 0 saturated carbocycles. The Labute approximate surface area is 237 Å². The molecular formula is C30H32N4O7. The molecule has 0 bridgehead atoms. The van der Waals surface area contributed by atoms with E-state index in [2.05, 4.69) is 16.0 Å². The van der Waals surface area contributed by atoms with Crippen molar-refractivity contribution in [2.45, 2.75) is 37.9 Å². The van der Waals surface area contributed by atoms with Crippen LogP contribution in [-0.2, 0) is 33.8 Å². The Morgan fingerprint density at radius 3 is 2.20 bits per heavy atom. The zero-order chi connectivity index (χ0) is 29.5. The normalized spacial score (nSPS) is 14.9. The number of anilines is 2. The molecule has 11 heteroatoms. The summed E-state index contributed by atoms with van der Waals surface area (Å²) >= 11 is 0. The second-order valence-electron chi connectivity index (χ2n) is 9.85. The minimum absolute atomic E-state index is 0.0119. The first-order valence-corrected chi connectivity index (χ1v) is 13.0. The third-order valence-corrected chi connectivity index (χ3v) is 6.86. The number of methoxy groups -OCH3 is 1. The number of nitrogens with one attached hydrogen (secondary N) is 3. The van der Waals surface area contributed by atoms with Crippen molar-refractivity contribution in [1.29, 1.82) is 0 Å². The van der Waals surface area contributed by atoms with Crippen LogP contribution in [0.15, 0.2) is 66.7 Å². The third-order valence-electron chi connectivity index (χ3n) is 6.86. The molecule has 0 aliphatic carbocycles. The molecule has 0 fully saturated rings. The van der Waals surface area contributed by atoms with E-state index in [4.69, 9.17) is 9.84 Å². The monoisotopic (exact) mass is 560 g/mol. The summed E-state index contributed by atoms with van der Waals surface area (Å²) in [5, 5.41) is 26.8. The summed E-state index contributed by atoms with van der Waals surface area (Å²) in [6.07, 6.45) is 0.473. The van der Waals surface area contributed by atoms with Crippen LogP contribution < -0.4 is 20.7 Å². The number of amides is 3. The summed E-state index contributed by atoms with van der Waals surface area (Å²) < 4.78 is 5.12. The predicted octanol–water partition coefficient (Wildman–Crippen LogP) is 3.66. The van der Waals surface area contributed by atoms with Gasteiger partial charge in [0.2, 0.25) is 5.91 Å². The zero-order valence-corrected chi connectivity index (χ0v) is 22.7. The Hall–Kier alpha value is -4.90. The molecule has 0 radical (unpaired) electrons. The van der Waals surface area contributed by atoms with E-state index in [1.54, 1.807) is 80.9 Å². The van der Waals surface area contributed by atoms with E-state index in [9.17, 15) is 24.3 Å². The van der Waals surface area contributed by atoms with E-state index >= 15 is 0 Å². The number of carboxylic acids is 2. The number of fused-ring (bicyclic) bond motifs is 1. The summed E-state index contributed by atoms with van der Waals surface area (Å²) in [6.45, 7) is 0.443. The maximum atomic E-state index is 13.3. The first-order valence-electron chi connectivity index (χ1n) is 13.0. The van der Waals surface area contributed by atoms with Crippen molar-refractivity contribution in [2.24, 2.45) is 0 Å². The minimum atomic E-state index is -1.16. The molecule has 0 saturated heterocycles. The lowest BCUT2D eigenvalue weighted by molar-refractivity contribution is -0.142. The van der Waals surface area contributed by atoms with Gasteiger partial charge in [0.15, 0.2) is 0 Å². The molecule has 1 aliphatic heterocycles. The van der Waals surface area contributed by atoms with Crippen molar-refractivity contribution in [3.8, 4) is 5.75 Å². The van der Waals surface area contributed by atoms with E-state index in [-0.39, 0.29) is 12.8 Å². The molecule has 214 valence electrons. The quantitative estimate of drug-likeness (QED) is 0.238. The highest BCUT2D eigenvalue weighted by atomic mass is 16.5. The summed E-state index contributed by atoms with van der Waals surface area (Å²) in [5.74, 6) is -1.80. The molecule has 3 aromatic carbocycles. The number of likely N-dealkylation sites (N-methyl/N-ethyl adjacent to an activating group) is 1. The molecule has 0 spiro atoms. The smallest absolute Gasteiger partial charge is 0.326 e. The number of carboxylic acid groups (broad SMARTS) is 2. The second kappa shape index (κ2) is 13.0. The Bertz CT molecular complexity index is 1420. The molecular weight excluding hydrogens is 528 g/mol. The Morgan fingerprint density at radius 2 is 1.56 bits per heavy atom. The summed E-state index contributed by atoms with van der Waals surface area (Å²) in [7, 11) is 3.34. The number of carbonyl (C=O) groups excluding carboxylic acids is 2. The molecule has 1 heterocycles. The van der Waals surface area contributed by atoms with E-state index in [0.717, 1.165) is 16.7 Å². The van der Waals surface area contributed by atoms with E-state index in [1.807, 2.05) is 4.90 Å². The lowest BCUT2D eigenvalue weighted by Crippen LogP contribution is -2.46. The van der Waals surface area contributed by atoms with Crippen molar-refractivity contribution in [1.82, 2.24) is 10.2 Å². The average molecular weight is 561 g/mol. The van der Waals surface area contributed by atoms with Gasteiger partial charge >= 0.3 is 18.0 Å². The van der Waals surface area contributed by atoms with Crippen LogP contribution in [-0.4, -0.2) is 59.2 Å². The van der Waals surface area contributed by atoms with Crippen LogP contribution in [0.1, 0.15) is 34.7 Å². The molecule has 11 nitrogen and oxygen atoms in total. The molecule has 5 N–H and O–H groups in total. The van der Waals surface area contributed by atoms with Crippen LogP contribution in [0.4, 0.5) is 16.2 Å². The van der Waals surface area contributed by atoms with Gasteiger partial charge in [0, 0.05) is 30.8 Å². The van der Waals surface area contributed by atoms with E-state index < -0.39 is 36.0 Å². The SMILES string of the molecule is COc1ccc(NC(=O)Nc2ccc3c(c2)CN(C)C3C(=O)NC(Cc2ccc(CCC(=O)O)cc2)C(=O)O)cc1. The number of carbonyl (C=O) groups is 4. The minimum Gasteiger partial charge on any atom is -0.497 e. The summed E-state index contributed by atoms with van der Waals surface area (Å²) in [5.41, 5.74) is 4.28. The number of aliphatic carboxylic acids is 2. The van der Waals surface area contributed by atoms with Gasteiger partial charge in [0.25, 0.3) is 0 Å². The van der Waals surface area contributed by atoms with Crippen LogP contribution in [0.25, 0.3) is 0 Å². The lowest BCUT2D eigenvalue weighted by atomic mass is 10.0. The predicted molar refractivity (Wildman–Crippen MR) is 152 cm³/mol. The Morgan fingerprint density at radius 1 is 0.927 bits per heavy atom. The fourth-order valence-electron chi connectivity index (χ4n) is 4.77. The van der Waals surface area contributed by atoms with Crippen molar-refractivity contribution in [2.75, 3.05) is 24.8 Å². The molecule has 3 aromatic rings. The van der Waals surface area contributed by atoms with E-state index in [1.165, 1.54) is 0 Å². The fourth-order valence-corrected chi connectivity index (χ4v) is 4.77. The first-order chi connectivity index (χ1) is 19.6. The van der Waals surface area contributed by atoms with Crippen LogP contribution >= 0.6 is 0 Å². The lowest BCUT2D eigenvalue weighted by Gasteiger charge is -2.23. The number of rotatable bonds is 11. The molecule has 4 rings (SSSR count). The van der Waals surface area contributed by atoms with Gasteiger partial charge in [0.1, 0.15) is 17.8 Å². The maximum absolute atomic E-state index is 13.3. The molecule has 3 amide bonds. The van der Waals surface area contributed by atoms with Gasteiger partial charge in [-0.05, 0) is 72.1 Å². The molecule has 2 atom stereocenters. The van der Waals surface area contributed by atoms with Crippen molar-refractivity contribution in [3.63, 3.8) is 0 Å². The van der Waals surface area contributed by atoms with Crippen LogP contribution in [0.3, 0.4) is 0 Å². The number of urea groups is 1. The number of hydrogen-bond donors (Lipinski definition) is 5. The number of ether oxygens (including phenoxy) is 1. The van der Waals surface area contributed by atoms with E-state index in [0.29, 0.717) is 35.7 Å². The number of nitrogens with zero attached hydrogens (tertiary/aromatic N) is 1. The first kappa shape index (κ1) is 29.1. The van der Waals surface area contributed by atoms with Gasteiger partial charge in [-0.2, -0.15) is 0 Å². The van der Waals surface area contributed by atoms with Crippen molar-refractivity contribution < 1.29 is 34.1 Å². The van der Waals surface area contributed by atoms with Crippen LogP contribution in [0.5, 0.6) is 5.75 Å². The van der Waals surface area contributed by atoms with Gasteiger partial charge < -0.3 is 30.9 Å². The average Bonchev–Trinajstić information content (AvgIpc) is 3.27. The van der Waals surface area contributed by atoms with Crippen LogP contribution in [0, 0.1) is 0 Å². The molecule has 2 unspecified atom stereocenters. The maximum Gasteiger partial charge on any atom is 0.326 e. The Balaban J connectivity index is 1.38. The summed E-state index contributed by atoms with van der Waals surface area (Å²) in [6, 6.07) is 17.0. The summed E-state index contributed by atoms with van der Waals surface area (Å²) in [4.78, 5) is 50.3. The molecule has 1 aliphatic rings. The Kier molecular flexibility index (Phi) is 9.20. The van der Waals surface area contributed by atoms with Gasteiger partial charge in [-0.1, -0.05) is 30.3 Å². The molecule has 0 aromatic heterocycles. The third kappa shape index (κ3) is 7.61. The van der Waals surface area contributed by atoms with Gasteiger partial charge in [-0.25, -0.2) is 9.59 Å². The van der Waals surface area contributed by atoms with Gasteiger partial charge in [-0.3, -0.25) is 14.5 Å². The van der Waals surface area contributed by atoms with Gasteiger partial charge in [0.05, 0.1) is 7.11 Å². The van der Waals surface area contributed by atoms with Crippen molar-refractivity contribution in [3.05, 3.63) is 89.0 Å². The zero-order valence-electron chi connectivity index (χ0n) is 22.7. The molecule has 41 heavy (non-hydrogen) atoms. The standard InChI is InChI=1S/C30H32N4O7/c1-34-17-20-16-22(32-30(40)31-21-8-11-23(41-2)12-9-21)10-13-24(20)27(34)28(37)33-25(29(38)39)15-19-5-3-18(4-6-19)7-14-26(35)36/h3-6,8-13,16,25,27H,7,14-15,17H2,1-2H3,(H,33,37)(H,35,36)(H,38,39)(H2,31,32,40). The number of hydrogen-bond acceptors (Lipinski definition) is 6. The fraction of sp³-hybridized carbons (Fsp3) is 0.267. The van der Waals surface area contributed by atoms with Crippen molar-refractivity contribution >= 4 is 35.3 Å². The highest BCUT2D eigenvalue weighted by Crippen LogP contribution is 2.34. The number of aryl methyl sites for hydroxylation is 1. The van der Waals surface area contributed by atoms with Gasteiger partial charge in [-0.15, -0.1) is 0 Å². The second-order valence-corrected chi connectivity index (χ2v) is 9.85. The largest absolute Gasteiger partial charge is 0.497 e.